The maximum Gasteiger partial charge on any atom is 0.391 e. The van der Waals surface area contributed by atoms with E-state index in [1.165, 1.54) is 0 Å². The van der Waals surface area contributed by atoms with Gasteiger partial charge in [-0.3, -0.25) is 0 Å². The number of hydrogen-bond acceptors (Lipinski definition) is 1. The van der Waals surface area contributed by atoms with Crippen molar-refractivity contribution in [3.05, 3.63) is 35.4 Å². The zero-order chi connectivity index (χ0) is 15.6. The van der Waals surface area contributed by atoms with Crippen molar-refractivity contribution in [2.24, 2.45) is 11.8 Å². The molecule has 1 fully saturated rings. The molecule has 0 aliphatic heterocycles. The molecule has 1 aliphatic rings. The molecule has 0 radical (unpaired) electrons. The van der Waals surface area contributed by atoms with Gasteiger partial charge in [-0.2, -0.15) is 13.2 Å². The summed E-state index contributed by atoms with van der Waals surface area (Å²) < 4.78 is 64.3. The monoisotopic (exact) mass is 308 g/mol. The first-order chi connectivity index (χ1) is 9.75. The summed E-state index contributed by atoms with van der Waals surface area (Å²) in [5.74, 6) is -3.39. The van der Waals surface area contributed by atoms with Gasteiger partial charge in [0.1, 0.15) is 11.6 Å². The number of aliphatic hydroxyl groups excluding tert-OH is 1. The van der Waals surface area contributed by atoms with Gasteiger partial charge in [0, 0.05) is 6.07 Å². The summed E-state index contributed by atoms with van der Waals surface area (Å²) in [5.41, 5.74) is 0.258. The van der Waals surface area contributed by atoms with Crippen molar-refractivity contribution < 1.29 is 27.1 Å². The molecule has 3 unspecified atom stereocenters. The Morgan fingerprint density at radius 3 is 2.29 bits per heavy atom. The second kappa shape index (κ2) is 6.30. The molecule has 0 amide bonds. The summed E-state index contributed by atoms with van der Waals surface area (Å²) in [6.07, 6.45) is -4.43. The van der Waals surface area contributed by atoms with E-state index in [1.54, 1.807) is 0 Å². The zero-order valence-corrected chi connectivity index (χ0v) is 11.3. The Kier molecular flexibility index (Phi) is 4.86. The molecular formula is C15H17F5O. The molecule has 1 saturated carbocycles. The highest BCUT2D eigenvalue weighted by molar-refractivity contribution is 5.18. The smallest absolute Gasteiger partial charge is 0.391 e. The molecule has 1 aromatic carbocycles. The van der Waals surface area contributed by atoms with Gasteiger partial charge in [-0.1, -0.05) is 6.42 Å². The molecule has 0 heterocycles. The Balaban J connectivity index is 2.01. The quantitative estimate of drug-likeness (QED) is 0.828. The molecule has 1 nitrogen and oxygen atoms in total. The normalized spacial score (nSPS) is 24.9. The van der Waals surface area contributed by atoms with Crippen molar-refractivity contribution in [3.63, 3.8) is 0 Å². The van der Waals surface area contributed by atoms with E-state index in [0.717, 1.165) is 18.2 Å². The highest BCUT2D eigenvalue weighted by Crippen LogP contribution is 2.41. The lowest BCUT2D eigenvalue weighted by Gasteiger charge is -2.33. The van der Waals surface area contributed by atoms with Gasteiger partial charge in [0.05, 0.1) is 12.0 Å². The Morgan fingerprint density at radius 1 is 1.10 bits per heavy atom. The summed E-state index contributed by atoms with van der Waals surface area (Å²) in [6, 6.07) is 2.91. The number of aliphatic hydroxyl groups is 1. The summed E-state index contributed by atoms with van der Waals surface area (Å²) in [5, 5.41) is 10.1. The average Bonchev–Trinajstić information content (AvgIpc) is 2.36. The first kappa shape index (κ1) is 16.2. The second-order valence-electron chi connectivity index (χ2n) is 5.71. The predicted octanol–water partition coefficient (Wildman–Crippen LogP) is 4.24. The van der Waals surface area contributed by atoms with E-state index in [9.17, 15) is 27.1 Å². The van der Waals surface area contributed by atoms with Gasteiger partial charge in [0.2, 0.25) is 0 Å². The molecule has 3 atom stereocenters. The van der Waals surface area contributed by atoms with E-state index in [1.807, 2.05) is 0 Å². The van der Waals surface area contributed by atoms with E-state index in [-0.39, 0.29) is 24.8 Å². The van der Waals surface area contributed by atoms with Crippen LogP contribution in [-0.4, -0.2) is 17.4 Å². The first-order valence-corrected chi connectivity index (χ1v) is 6.95. The predicted molar refractivity (Wildman–Crippen MR) is 67.6 cm³/mol. The highest BCUT2D eigenvalue weighted by Gasteiger charge is 2.43. The maximum atomic E-state index is 13.1. The minimum atomic E-state index is -4.25. The SMILES string of the molecule is OC(Cc1cc(F)cc(F)c1)C1CCCC(C(F)(F)F)C1. The van der Waals surface area contributed by atoms with Gasteiger partial charge in [-0.15, -0.1) is 0 Å². The third-order valence-corrected chi connectivity index (χ3v) is 4.09. The largest absolute Gasteiger partial charge is 0.392 e. The Labute approximate surface area is 119 Å². The zero-order valence-electron chi connectivity index (χ0n) is 11.3. The van der Waals surface area contributed by atoms with Gasteiger partial charge in [-0.25, -0.2) is 8.78 Å². The van der Waals surface area contributed by atoms with Crippen LogP contribution in [0.4, 0.5) is 22.0 Å². The van der Waals surface area contributed by atoms with Crippen molar-refractivity contribution in [2.45, 2.75) is 44.4 Å². The molecule has 118 valence electrons. The fraction of sp³-hybridized carbons (Fsp3) is 0.600. The molecule has 1 aromatic rings. The van der Waals surface area contributed by atoms with Crippen LogP contribution in [0.5, 0.6) is 0 Å². The Morgan fingerprint density at radius 2 is 1.71 bits per heavy atom. The average molecular weight is 308 g/mol. The van der Waals surface area contributed by atoms with Crippen molar-refractivity contribution in [1.29, 1.82) is 0 Å². The molecule has 0 spiro atoms. The Hall–Kier alpha value is -1.17. The van der Waals surface area contributed by atoms with Gasteiger partial charge >= 0.3 is 6.18 Å². The van der Waals surface area contributed by atoms with E-state index >= 15 is 0 Å². The van der Waals surface area contributed by atoms with Crippen LogP contribution < -0.4 is 0 Å². The third-order valence-electron chi connectivity index (χ3n) is 4.09. The Bertz CT molecular complexity index is 465. The van der Waals surface area contributed by atoms with Crippen molar-refractivity contribution in [1.82, 2.24) is 0 Å². The van der Waals surface area contributed by atoms with Crippen LogP contribution in [0, 0.1) is 23.5 Å². The maximum absolute atomic E-state index is 13.1. The molecule has 0 saturated heterocycles. The second-order valence-corrected chi connectivity index (χ2v) is 5.71. The van der Waals surface area contributed by atoms with Crippen LogP contribution in [0.1, 0.15) is 31.2 Å². The molecule has 6 heteroatoms. The summed E-state index contributed by atoms with van der Waals surface area (Å²) >= 11 is 0. The summed E-state index contributed by atoms with van der Waals surface area (Å²) in [7, 11) is 0. The number of benzene rings is 1. The van der Waals surface area contributed by atoms with Gasteiger partial charge in [-0.05, 0) is 49.3 Å². The first-order valence-electron chi connectivity index (χ1n) is 6.95. The van der Waals surface area contributed by atoms with Crippen molar-refractivity contribution in [3.8, 4) is 0 Å². The lowest BCUT2D eigenvalue weighted by atomic mass is 9.77. The van der Waals surface area contributed by atoms with Crippen LogP contribution in [0.2, 0.25) is 0 Å². The lowest BCUT2D eigenvalue weighted by Crippen LogP contribution is -2.34. The number of hydrogen-bond donors (Lipinski definition) is 1. The van der Waals surface area contributed by atoms with Crippen LogP contribution in [-0.2, 0) is 6.42 Å². The molecule has 2 rings (SSSR count). The molecule has 0 aromatic heterocycles. The summed E-state index contributed by atoms with van der Waals surface area (Å²) in [4.78, 5) is 0. The molecular weight excluding hydrogens is 291 g/mol. The summed E-state index contributed by atoms with van der Waals surface area (Å²) in [6.45, 7) is 0. The van der Waals surface area contributed by atoms with E-state index in [0.29, 0.717) is 12.8 Å². The fourth-order valence-electron chi connectivity index (χ4n) is 3.01. The molecule has 0 bridgehead atoms. The van der Waals surface area contributed by atoms with E-state index in [2.05, 4.69) is 0 Å². The fourth-order valence-corrected chi connectivity index (χ4v) is 3.01. The lowest BCUT2D eigenvalue weighted by molar-refractivity contribution is -0.188. The third kappa shape index (κ3) is 4.40. The van der Waals surface area contributed by atoms with Crippen molar-refractivity contribution >= 4 is 0 Å². The van der Waals surface area contributed by atoms with Crippen LogP contribution in [0.3, 0.4) is 0 Å². The van der Waals surface area contributed by atoms with Crippen LogP contribution in [0.15, 0.2) is 18.2 Å². The van der Waals surface area contributed by atoms with E-state index in [4.69, 9.17) is 0 Å². The minimum absolute atomic E-state index is 0.0378. The topological polar surface area (TPSA) is 20.2 Å². The van der Waals surface area contributed by atoms with Gasteiger partial charge < -0.3 is 5.11 Å². The van der Waals surface area contributed by atoms with Crippen LogP contribution in [0.25, 0.3) is 0 Å². The molecule has 21 heavy (non-hydrogen) atoms. The highest BCUT2D eigenvalue weighted by atomic mass is 19.4. The number of rotatable bonds is 3. The van der Waals surface area contributed by atoms with Crippen LogP contribution >= 0.6 is 0 Å². The minimum Gasteiger partial charge on any atom is -0.392 e. The molecule has 1 N–H and O–H groups in total. The molecule has 1 aliphatic carbocycles. The van der Waals surface area contributed by atoms with Gasteiger partial charge in [0.25, 0.3) is 0 Å². The standard InChI is InChI=1S/C15H17F5O/c16-12-4-9(5-13(17)8-12)6-14(21)10-2-1-3-11(7-10)15(18,19)20/h4-5,8,10-11,14,21H,1-3,6-7H2. The van der Waals surface area contributed by atoms with Gasteiger partial charge in [0.15, 0.2) is 0 Å². The van der Waals surface area contributed by atoms with E-state index < -0.39 is 35.8 Å². The number of halogens is 5. The number of alkyl halides is 3. The van der Waals surface area contributed by atoms with Crippen molar-refractivity contribution in [2.75, 3.05) is 0 Å².